The number of fused-ring (bicyclic) bond motifs is 1. The van der Waals surface area contributed by atoms with E-state index < -0.39 is 11.7 Å². The second-order valence-corrected chi connectivity index (χ2v) is 8.35. The number of carbonyl (C=O) groups excluding carboxylic acids is 2. The Morgan fingerprint density at radius 3 is 2.63 bits per heavy atom. The van der Waals surface area contributed by atoms with Crippen LogP contribution in [0.1, 0.15) is 56.2 Å². The van der Waals surface area contributed by atoms with Gasteiger partial charge in [-0.15, -0.1) is 0 Å². The van der Waals surface area contributed by atoms with Crippen LogP contribution in [0.15, 0.2) is 24.3 Å². The normalized spacial score (nSPS) is 16.9. The molecule has 2 amide bonds. The highest BCUT2D eigenvalue weighted by atomic mass is 19.1. The highest BCUT2D eigenvalue weighted by molar-refractivity contribution is 6.00. The van der Waals surface area contributed by atoms with Crippen molar-refractivity contribution in [2.45, 2.75) is 46.7 Å². The van der Waals surface area contributed by atoms with Gasteiger partial charge in [0.2, 0.25) is 5.91 Å². The lowest BCUT2D eigenvalue weighted by molar-refractivity contribution is -0.135. The lowest BCUT2D eigenvalue weighted by atomic mass is 9.91. The van der Waals surface area contributed by atoms with Crippen molar-refractivity contribution >= 4 is 11.8 Å². The van der Waals surface area contributed by atoms with Crippen LogP contribution in [0.25, 0.3) is 11.3 Å². The predicted molar refractivity (Wildman–Crippen MR) is 100 cm³/mol. The van der Waals surface area contributed by atoms with E-state index in [1.807, 2.05) is 27.7 Å². The second-order valence-electron chi connectivity index (χ2n) is 8.35. The second kappa shape index (κ2) is 6.79. The fraction of sp³-hybridized carbons (Fsp3) is 0.450. The molecule has 0 fully saturated rings. The molecule has 1 aliphatic heterocycles. The summed E-state index contributed by atoms with van der Waals surface area (Å²) in [6.45, 7) is 8.75. The Kier molecular flexibility index (Phi) is 4.80. The van der Waals surface area contributed by atoms with E-state index in [1.54, 1.807) is 21.7 Å². The van der Waals surface area contributed by atoms with Crippen molar-refractivity contribution < 1.29 is 14.0 Å². The number of rotatable bonds is 3. The molecule has 0 saturated heterocycles. The smallest absolute Gasteiger partial charge is 0.252 e. The summed E-state index contributed by atoms with van der Waals surface area (Å²) in [4.78, 5) is 26.6. The number of halogens is 1. The van der Waals surface area contributed by atoms with E-state index in [1.165, 1.54) is 12.1 Å². The Labute approximate surface area is 158 Å². The molecule has 2 N–H and O–H groups in total. The Morgan fingerprint density at radius 1 is 1.33 bits per heavy atom. The van der Waals surface area contributed by atoms with E-state index in [-0.39, 0.29) is 29.5 Å². The molecule has 1 atom stereocenters. The summed E-state index contributed by atoms with van der Waals surface area (Å²) >= 11 is 0. The van der Waals surface area contributed by atoms with Gasteiger partial charge in [0, 0.05) is 18.5 Å². The zero-order valence-electron chi connectivity index (χ0n) is 16.1. The summed E-state index contributed by atoms with van der Waals surface area (Å²) < 4.78 is 15.4. The maximum Gasteiger partial charge on any atom is 0.252 e. The molecule has 0 radical (unpaired) electrons. The number of hydrogen-bond acceptors (Lipinski definition) is 3. The maximum absolute atomic E-state index is 13.7. The lowest BCUT2D eigenvalue weighted by Crippen LogP contribution is -2.42. The van der Waals surface area contributed by atoms with Gasteiger partial charge in [-0.1, -0.05) is 32.9 Å². The fourth-order valence-electron chi connectivity index (χ4n) is 3.48. The van der Waals surface area contributed by atoms with E-state index in [0.29, 0.717) is 29.9 Å². The zero-order chi connectivity index (χ0) is 19.9. The number of nitrogens with zero attached hydrogens (tertiary/aromatic N) is 3. The number of hydrogen-bond donors (Lipinski definition) is 1. The van der Waals surface area contributed by atoms with Crippen LogP contribution >= 0.6 is 0 Å². The minimum atomic E-state index is -0.632. The fourth-order valence-corrected chi connectivity index (χ4v) is 3.48. The van der Waals surface area contributed by atoms with Gasteiger partial charge in [-0.3, -0.25) is 14.3 Å². The molecule has 27 heavy (non-hydrogen) atoms. The van der Waals surface area contributed by atoms with Crippen LogP contribution < -0.4 is 5.73 Å². The van der Waals surface area contributed by atoms with Crippen molar-refractivity contribution in [3.05, 3.63) is 41.3 Å². The van der Waals surface area contributed by atoms with Crippen molar-refractivity contribution in [3.63, 3.8) is 0 Å². The van der Waals surface area contributed by atoms with Crippen LogP contribution in [0.2, 0.25) is 0 Å². The minimum Gasteiger partial charge on any atom is -0.365 e. The molecule has 6 nitrogen and oxygen atoms in total. The van der Waals surface area contributed by atoms with Crippen LogP contribution in [0.4, 0.5) is 4.39 Å². The summed E-state index contributed by atoms with van der Waals surface area (Å²) in [7, 11) is 0. The first-order chi connectivity index (χ1) is 12.6. The van der Waals surface area contributed by atoms with Gasteiger partial charge in [-0.2, -0.15) is 5.10 Å². The first-order valence-corrected chi connectivity index (χ1v) is 9.02. The van der Waals surface area contributed by atoms with Gasteiger partial charge in [0.1, 0.15) is 11.5 Å². The zero-order valence-corrected chi connectivity index (χ0v) is 16.1. The Hall–Kier alpha value is -2.70. The quantitative estimate of drug-likeness (QED) is 0.899. The van der Waals surface area contributed by atoms with Crippen molar-refractivity contribution in [2.24, 2.45) is 11.1 Å². The van der Waals surface area contributed by atoms with Crippen LogP contribution in [-0.2, 0) is 11.3 Å². The van der Waals surface area contributed by atoms with Gasteiger partial charge in [-0.05, 0) is 24.5 Å². The average Bonchev–Trinajstić information content (AvgIpc) is 2.93. The summed E-state index contributed by atoms with van der Waals surface area (Å²) in [5.41, 5.74) is 7.21. The van der Waals surface area contributed by atoms with Crippen molar-refractivity contribution in [1.29, 1.82) is 0 Å². The first-order valence-electron chi connectivity index (χ1n) is 9.02. The molecule has 3 rings (SSSR count). The third-order valence-electron chi connectivity index (χ3n) is 4.63. The topological polar surface area (TPSA) is 81.2 Å². The van der Waals surface area contributed by atoms with Gasteiger partial charge in [0.25, 0.3) is 5.91 Å². The molecule has 0 spiro atoms. The Morgan fingerprint density at radius 2 is 2.04 bits per heavy atom. The third-order valence-corrected chi connectivity index (χ3v) is 4.63. The molecule has 0 aliphatic carbocycles. The van der Waals surface area contributed by atoms with E-state index in [0.717, 1.165) is 0 Å². The van der Waals surface area contributed by atoms with Crippen LogP contribution in [0, 0.1) is 11.2 Å². The molecular formula is C20H25FN4O2. The van der Waals surface area contributed by atoms with E-state index in [4.69, 9.17) is 5.73 Å². The highest BCUT2D eigenvalue weighted by Gasteiger charge is 2.33. The number of benzene rings is 1. The molecule has 1 aliphatic rings. The summed E-state index contributed by atoms with van der Waals surface area (Å²) in [6.07, 6.45) is 0.413. The lowest BCUT2D eigenvalue weighted by Gasteiger charge is -2.34. The van der Waals surface area contributed by atoms with Gasteiger partial charge >= 0.3 is 0 Å². The number of amides is 2. The molecule has 144 valence electrons. The van der Waals surface area contributed by atoms with E-state index in [9.17, 15) is 14.0 Å². The predicted octanol–water partition coefficient (Wildman–Crippen LogP) is 3.13. The van der Waals surface area contributed by atoms with Crippen molar-refractivity contribution in [1.82, 2.24) is 14.7 Å². The number of aromatic nitrogens is 2. The van der Waals surface area contributed by atoms with Crippen molar-refractivity contribution in [3.8, 4) is 11.3 Å². The molecular weight excluding hydrogens is 347 g/mol. The Bertz CT molecular complexity index is 898. The highest BCUT2D eigenvalue weighted by Crippen LogP contribution is 2.32. The molecule has 0 bridgehead atoms. The van der Waals surface area contributed by atoms with E-state index >= 15 is 0 Å². The first kappa shape index (κ1) is 19.1. The largest absolute Gasteiger partial charge is 0.365 e. The van der Waals surface area contributed by atoms with Crippen molar-refractivity contribution in [2.75, 3.05) is 6.54 Å². The summed E-state index contributed by atoms with van der Waals surface area (Å²) in [5, 5.41) is 4.54. The van der Waals surface area contributed by atoms with Gasteiger partial charge in [0.05, 0.1) is 23.8 Å². The van der Waals surface area contributed by atoms with Gasteiger partial charge in [0.15, 0.2) is 0 Å². The molecule has 1 unspecified atom stereocenters. The van der Waals surface area contributed by atoms with E-state index in [2.05, 4.69) is 5.10 Å². The van der Waals surface area contributed by atoms with Crippen LogP contribution in [0.3, 0.4) is 0 Å². The SMILES string of the molecule is CC1CN(C(=O)CC(C)(C)C)Cc2c(C(N)=O)c(-c3cccc(F)c3)nn21. The van der Waals surface area contributed by atoms with Crippen LogP contribution in [-0.4, -0.2) is 33.0 Å². The number of nitrogens with two attached hydrogens (primary N) is 1. The van der Waals surface area contributed by atoms with Gasteiger partial charge in [-0.25, -0.2) is 4.39 Å². The summed E-state index contributed by atoms with van der Waals surface area (Å²) in [6, 6.07) is 5.80. The molecule has 1 aromatic heterocycles. The van der Waals surface area contributed by atoms with Gasteiger partial charge < -0.3 is 10.6 Å². The molecule has 2 aromatic rings. The Balaban J connectivity index is 2.04. The monoisotopic (exact) mass is 372 g/mol. The molecule has 1 aromatic carbocycles. The molecule has 0 saturated carbocycles. The summed E-state index contributed by atoms with van der Waals surface area (Å²) in [5.74, 6) is -1.01. The number of carbonyl (C=O) groups is 2. The number of primary amides is 1. The van der Waals surface area contributed by atoms with Crippen LogP contribution in [0.5, 0.6) is 0 Å². The average molecular weight is 372 g/mol. The standard InChI is InChI=1S/C20H25FN4O2/c1-12-10-24(16(26)9-20(2,3)4)11-15-17(19(22)27)18(23-25(12)15)13-6-5-7-14(21)8-13/h5-8,12H,9-11H2,1-4H3,(H2,22,27). The molecule has 7 heteroatoms. The molecule has 2 heterocycles. The maximum atomic E-state index is 13.7. The third kappa shape index (κ3) is 3.86. The minimum absolute atomic E-state index is 0.0320.